The summed E-state index contributed by atoms with van der Waals surface area (Å²) >= 11 is 5.80. The molecule has 0 radical (unpaired) electrons. The van der Waals surface area contributed by atoms with Gasteiger partial charge in [0, 0.05) is 25.7 Å². The van der Waals surface area contributed by atoms with Crippen LogP contribution in [-0.4, -0.2) is 52.2 Å². The molecule has 3 heterocycles. The van der Waals surface area contributed by atoms with E-state index < -0.39 is 0 Å². The number of aromatic nitrogens is 3. The summed E-state index contributed by atoms with van der Waals surface area (Å²) < 4.78 is 1.74. The summed E-state index contributed by atoms with van der Waals surface area (Å²) in [5.41, 5.74) is 1.95. The van der Waals surface area contributed by atoms with E-state index in [4.69, 9.17) is 11.6 Å². The second-order valence-corrected chi connectivity index (χ2v) is 5.18. The molecule has 6 heteroatoms. The van der Waals surface area contributed by atoms with Gasteiger partial charge in [-0.2, -0.15) is 4.98 Å². The first-order valence-electron chi connectivity index (χ1n) is 6.10. The lowest BCUT2D eigenvalue weighted by Gasteiger charge is -2.38. The highest BCUT2D eigenvalue weighted by molar-refractivity contribution is 6.28. The molecule has 1 atom stereocenters. The van der Waals surface area contributed by atoms with Crippen molar-refractivity contribution in [2.75, 3.05) is 31.6 Å². The first-order chi connectivity index (χ1) is 8.63. The third-order valence-electron chi connectivity index (χ3n) is 3.61. The number of pyridine rings is 1. The quantitative estimate of drug-likeness (QED) is 0.784. The fourth-order valence-corrected chi connectivity index (χ4v) is 2.48. The van der Waals surface area contributed by atoms with Crippen molar-refractivity contribution in [2.24, 2.45) is 0 Å². The van der Waals surface area contributed by atoms with E-state index in [0.717, 1.165) is 25.3 Å². The van der Waals surface area contributed by atoms with Crippen LogP contribution in [0, 0.1) is 0 Å². The van der Waals surface area contributed by atoms with Gasteiger partial charge in [-0.05, 0) is 37.7 Å². The molecular weight excluding hydrogens is 250 g/mol. The minimum Gasteiger partial charge on any atom is -0.367 e. The molecule has 0 N–H and O–H groups in total. The van der Waals surface area contributed by atoms with Crippen LogP contribution in [0.4, 0.5) is 5.69 Å². The zero-order valence-corrected chi connectivity index (χ0v) is 11.3. The molecule has 2 aromatic heterocycles. The molecule has 18 heavy (non-hydrogen) atoms. The SMILES string of the molecule is C[C@@H]1CN(c2ccc3nc(Cl)nn3c2)CCN1C. The number of rotatable bonds is 1. The van der Waals surface area contributed by atoms with Gasteiger partial charge in [-0.25, -0.2) is 4.52 Å². The lowest BCUT2D eigenvalue weighted by atomic mass is 10.2. The Bertz CT molecular complexity index is 567. The predicted molar refractivity (Wildman–Crippen MR) is 72.3 cm³/mol. The summed E-state index contributed by atoms with van der Waals surface area (Å²) in [6, 6.07) is 4.60. The Balaban J connectivity index is 1.89. The highest BCUT2D eigenvalue weighted by Crippen LogP contribution is 2.19. The topological polar surface area (TPSA) is 36.7 Å². The van der Waals surface area contributed by atoms with Gasteiger partial charge in [0.15, 0.2) is 5.65 Å². The number of hydrogen-bond acceptors (Lipinski definition) is 4. The van der Waals surface area contributed by atoms with Crippen LogP contribution in [0.25, 0.3) is 5.65 Å². The van der Waals surface area contributed by atoms with Crippen LogP contribution in [0.15, 0.2) is 18.3 Å². The summed E-state index contributed by atoms with van der Waals surface area (Å²) in [5.74, 6) is 0. The van der Waals surface area contributed by atoms with Crippen molar-refractivity contribution in [3.05, 3.63) is 23.6 Å². The maximum absolute atomic E-state index is 5.80. The van der Waals surface area contributed by atoms with Gasteiger partial charge in [-0.3, -0.25) is 0 Å². The van der Waals surface area contributed by atoms with Crippen molar-refractivity contribution in [1.82, 2.24) is 19.5 Å². The van der Waals surface area contributed by atoms with Gasteiger partial charge in [-0.15, -0.1) is 5.10 Å². The monoisotopic (exact) mass is 265 g/mol. The number of halogens is 1. The maximum atomic E-state index is 5.80. The number of likely N-dealkylation sites (N-methyl/N-ethyl adjacent to an activating group) is 1. The van der Waals surface area contributed by atoms with E-state index in [9.17, 15) is 0 Å². The average molecular weight is 266 g/mol. The van der Waals surface area contributed by atoms with Crippen molar-refractivity contribution in [1.29, 1.82) is 0 Å². The van der Waals surface area contributed by atoms with E-state index in [1.165, 1.54) is 5.69 Å². The van der Waals surface area contributed by atoms with Crippen molar-refractivity contribution in [3.8, 4) is 0 Å². The van der Waals surface area contributed by atoms with E-state index in [1.54, 1.807) is 4.52 Å². The standard InChI is InChI=1S/C12H16ClN5/c1-9-7-17(6-5-16(9)2)10-3-4-11-14-12(13)15-18(11)8-10/h3-4,8-9H,5-7H2,1-2H3/t9-/m1/s1. The summed E-state index contributed by atoms with van der Waals surface area (Å²) in [6.07, 6.45) is 1.99. The van der Waals surface area contributed by atoms with Gasteiger partial charge >= 0.3 is 0 Å². The molecule has 96 valence electrons. The molecule has 5 nitrogen and oxygen atoms in total. The predicted octanol–water partition coefficient (Wildman–Crippen LogP) is 1.52. The Morgan fingerprint density at radius 2 is 2.17 bits per heavy atom. The Hall–Kier alpha value is -1.33. The normalized spacial score (nSPS) is 21.7. The number of fused-ring (bicyclic) bond motifs is 1. The van der Waals surface area contributed by atoms with E-state index in [-0.39, 0.29) is 0 Å². The van der Waals surface area contributed by atoms with E-state index >= 15 is 0 Å². The van der Waals surface area contributed by atoms with Gasteiger partial charge in [0.05, 0.1) is 11.9 Å². The zero-order chi connectivity index (χ0) is 12.7. The number of nitrogens with zero attached hydrogens (tertiary/aromatic N) is 5. The van der Waals surface area contributed by atoms with Crippen molar-refractivity contribution in [2.45, 2.75) is 13.0 Å². The molecule has 0 saturated carbocycles. The van der Waals surface area contributed by atoms with Crippen molar-refractivity contribution < 1.29 is 0 Å². The van der Waals surface area contributed by atoms with Crippen molar-refractivity contribution in [3.63, 3.8) is 0 Å². The van der Waals surface area contributed by atoms with Crippen LogP contribution < -0.4 is 4.90 Å². The van der Waals surface area contributed by atoms with Crippen LogP contribution in [0.5, 0.6) is 0 Å². The van der Waals surface area contributed by atoms with Gasteiger partial charge < -0.3 is 9.80 Å². The van der Waals surface area contributed by atoms with E-state index in [2.05, 4.69) is 39.9 Å². The molecule has 0 bridgehead atoms. The third kappa shape index (κ3) is 2.04. The zero-order valence-electron chi connectivity index (χ0n) is 10.5. The Labute approximate surface area is 111 Å². The first kappa shape index (κ1) is 11.7. The van der Waals surface area contributed by atoms with Gasteiger partial charge in [0.25, 0.3) is 0 Å². The van der Waals surface area contributed by atoms with Crippen LogP contribution in [0.3, 0.4) is 0 Å². The molecule has 3 rings (SSSR count). The molecule has 1 aliphatic rings. The van der Waals surface area contributed by atoms with Crippen molar-refractivity contribution >= 4 is 22.9 Å². The Morgan fingerprint density at radius 3 is 2.94 bits per heavy atom. The van der Waals surface area contributed by atoms with Gasteiger partial charge in [-0.1, -0.05) is 0 Å². The molecule has 0 amide bonds. The molecule has 0 aliphatic carbocycles. The molecular formula is C12H16ClN5. The van der Waals surface area contributed by atoms with E-state index in [1.807, 2.05) is 12.3 Å². The highest BCUT2D eigenvalue weighted by Gasteiger charge is 2.21. The first-order valence-corrected chi connectivity index (χ1v) is 6.48. The number of anilines is 1. The molecule has 1 saturated heterocycles. The lowest BCUT2D eigenvalue weighted by Crippen LogP contribution is -2.50. The van der Waals surface area contributed by atoms with E-state index in [0.29, 0.717) is 11.3 Å². The Kier molecular flexibility index (Phi) is 2.87. The van der Waals surface area contributed by atoms with Gasteiger partial charge in [0.2, 0.25) is 5.28 Å². The van der Waals surface area contributed by atoms with Crippen LogP contribution in [0.1, 0.15) is 6.92 Å². The van der Waals surface area contributed by atoms with Gasteiger partial charge in [0.1, 0.15) is 0 Å². The molecule has 2 aromatic rings. The maximum Gasteiger partial charge on any atom is 0.243 e. The minimum absolute atomic E-state index is 0.291. The second-order valence-electron chi connectivity index (χ2n) is 4.85. The largest absolute Gasteiger partial charge is 0.367 e. The molecule has 0 unspecified atom stereocenters. The average Bonchev–Trinajstić information content (AvgIpc) is 2.71. The number of piperazine rings is 1. The summed E-state index contributed by atoms with van der Waals surface area (Å²) in [7, 11) is 2.17. The Morgan fingerprint density at radius 1 is 1.33 bits per heavy atom. The lowest BCUT2D eigenvalue weighted by molar-refractivity contribution is 0.234. The second kappa shape index (κ2) is 4.40. The fraction of sp³-hybridized carbons (Fsp3) is 0.500. The third-order valence-corrected chi connectivity index (χ3v) is 3.77. The van der Waals surface area contributed by atoms with Crippen LogP contribution in [0.2, 0.25) is 5.28 Å². The summed E-state index contributed by atoms with van der Waals surface area (Å²) in [6.45, 7) is 5.40. The molecule has 0 spiro atoms. The summed E-state index contributed by atoms with van der Waals surface area (Å²) in [5, 5.41) is 4.43. The number of hydrogen-bond donors (Lipinski definition) is 0. The van der Waals surface area contributed by atoms with Crippen LogP contribution in [-0.2, 0) is 0 Å². The fourth-order valence-electron chi connectivity index (χ4n) is 2.32. The smallest absolute Gasteiger partial charge is 0.243 e. The highest BCUT2D eigenvalue weighted by atomic mass is 35.5. The minimum atomic E-state index is 0.291. The van der Waals surface area contributed by atoms with Crippen LogP contribution >= 0.6 is 11.6 Å². The molecule has 1 aliphatic heterocycles. The summed E-state index contributed by atoms with van der Waals surface area (Å²) in [4.78, 5) is 8.87. The molecule has 0 aromatic carbocycles. The molecule has 1 fully saturated rings.